The number of hydrogen-bond acceptors (Lipinski definition) is 2. The molecule has 2 rings (SSSR count). The molecule has 1 aliphatic heterocycles. The fourth-order valence-corrected chi connectivity index (χ4v) is 2.72. The Morgan fingerprint density at radius 3 is 2.65 bits per heavy atom. The first-order valence-electron chi connectivity index (χ1n) is 7.97. The van der Waals surface area contributed by atoms with Crippen molar-refractivity contribution in [3.05, 3.63) is 30.1 Å². The average molecular weight is 320 g/mol. The summed E-state index contributed by atoms with van der Waals surface area (Å²) < 4.78 is 12.8. The van der Waals surface area contributed by atoms with Crippen molar-refractivity contribution in [1.82, 2.24) is 10.2 Å². The van der Waals surface area contributed by atoms with Crippen LogP contribution in [0.25, 0.3) is 0 Å². The highest BCUT2D eigenvalue weighted by atomic mass is 19.1. The number of carbonyl (C=O) groups excluding carboxylic acids is 1. The normalized spacial score (nSPS) is 21.4. The van der Waals surface area contributed by atoms with Crippen molar-refractivity contribution in [2.45, 2.75) is 26.7 Å². The summed E-state index contributed by atoms with van der Waals surface area (Å²) >= 11 is 0. The molecule has 1 aromatic rings. The number of guanidine groups is 1. The number of rotatable bonds is 4. The van der Waals surface area contributed by atoms with E-state index < -0.39 is 0 Å². The fraction of sp³-hybridized carbons (Fsp3) is 0.529. The molecule has 0 spiro atoms. The third-order valence-electron chi connectivity index (χ3n) is 4.46. The van der Waals surface area contributed by atoms with Gasteiger partial charge in [0.1, 0.15) is 5.82 Å². The van der Waals surface area contributed by atoms with Crippen molar-refractivity contribution in [3.63, 3.8) is 0 Å². The van der Waals surface area contributed by atoms with Gasteiger partial charge in [-0.05, 0) is 42.5 Å². The van der Waals surface area contributed by atoms with Crippen LogP contribution in [-0.2, 0) is 4.79 Å². The molecule has 2 N–H and O–H groups in total. The van der Waals surface area contributed by atoms with E-state index in [2.05, 4.69) is 34.4 Å². The Morgan fingerprint density at radius 2 is 2.09 bits per heavy atom. The number of halogens is 1. The Hall–Kier alpha value is -2.11. The van der Waals surface area contributed by atoms with Crippen LogP contribution in [0, 0.1) is 11.2 Å². The number of benzene rings is 1. The first kappa shape index (κ1) is 17.2. The fourth-order valence-electron chi connectivity index (χ4n) is 2.72. The maximum absolute atomic E-state index is 12.8. The molecule has 0 aromatic heterocycles. The summed E-state index contributed by atoms with van der Waals surface area (Å²) in [5.41, 5.74) is 0.890. The highest BCUT2D eigenvalue weighted by Gasteiger charge is 2.33. The summed E-state index contributed by atoms with van der Waals surface area (Å²) in [5, 5.41) is 5.82. The van der Waals surface area contributed by atoms with Gasteiger partial charge in [-0.1, -0.05) is 13.8 Å². The second-order valence-electron chi connectivity index (χ2n) is 6.29. The molecular weight excluding hydrogens is 295 g/mol. The van der Waals surface area contributed by atoms with Crippen LogP contribution in [0.4, 0.5) is 10.1 Å². The van der Waals surface area contributed by atoms with Gasteiger partial charge in [0.25, 0.3) is 0 Å². The number of nitrogens with one attached hydrogen (secondary N) is 2. The predicted octanol–water partition coefficient (Wildman–Crippen LogP) is 2.46. The highest BCUT2D eigenvalue weighted by Crippen LogP contribution is 2.32. The molecule has 0 saturated carbocycles. The van der Waals surface area contributed by atoms with Gasteiger partial charge in [-0.25, -0.2) is 4.39 Å². The minimum atomic E-state index is -0.325. The molecule has 0 aliphatic carbocycles. The Morgan fingerprint density at radius 1 is 1.39 bits per heavy atom. The Bertz CT molecular complexity index is 572. The van der Waals surface area contributed by atoms with Gasteiger partial charge in [-0.15, -0.1) is 0 Å². The van der Waals surface area contributed by atoms with Crippen LogP contribution < -0.4 is 10.6 Å². The molecule has 1 unspecified atom stereocenters. The molecule has 1 saturated heterocycles. The molecule has 1 fully saturated rings. The SMILES string of the molecule is CCC1(C)CCN(C(=NC)NCC(=O)Nc2ccc(F)cc2)C1. The lowest BCUT2D eigenvalue weighted by Crippen LogP contribution is -2.43. The van der Waals surface area contributed by atoms with Gasteiger partial charge in [0.2, 0.25) is 5.91 Å². The lowest BCUT2D eigenvalue weighted by molar-refractivity contribution is -0.115. The van der Waals surface area contributed by atoms with E-state index in [1.54, 1.807) is 7.05 Å². The van der Waals surface area contributed by atoms with Crippen LogP contribution in [0.2, 0.25) is 0 Å². The maximum Gasteiger partial charge on any atom is 0.243 e. The zero-order chi connectivity index (χ0) is 16.9. The number of hydrogen-bond donors (Lipinski definition) is 2. The predicted molar refractivity (Wildman–Crippen MR) is 91.0 cm³/mol. The first-order chi connectivity index (χ1) is 11.0. The minimum absolute atomic E-state index is 0.128. The number of likely N-dealkylation sites (tertiary alicyclic amines) is 1. The molecule has 0 bridgehead atoms. The third-order valence-corrected chi connectivity index (χ3v) is 4.46. The Balaban J connectivity index is 1.84. The third kappa shape index (κ3) is 4.68. The second-order valence-corrected chi connectivity index (χ2v) is 6.29. The van der Waals surface area contributed by atoms with Crippen molar-refractivity contribution in [1.29, 1.82) is 0 Å². The molecule has 126 valence electrons. The number of carbonyl (C=O) groups is 1. The molecule has 6 heteroatoms. The summed E-state index contributed by atoms with van der Waals surface area (Å²) in [6.07, 6.45) is 2.26. The van der Waals surface area contributed by atoms with Gasteiger partial charge in [-0.3, -0.25) is 9.79 Å². The second kappa shape index (κ2) is 7.44. The number of amides is 1. The van der Waals surface area contributed by atoms with Gasteiger partial charge < -0.3 is 15.5 Å². The molecule has 1 atom stereocenters. The number of aliphatic imine (C=N–C) groups is 1. The van der Waals surface area contributed by atoms with E-state index in [4.69, 9.17) is 0 Å². The monoisotopic (exact) mass is 320 g/mol. The average Bonchev–Trinajstić information content (AvgIpc) is 2.93. The maximum atomic E-state index is 12.8. The van der Waals surface area contributed by atoms with E-state index in [-0.39, 0.29) is 18.3 Å². The number of nitrogens with zero attached hydrogens (tertiary/aromatic N) is 2. The van der Waals surface area contributed by atoms with Gasteiger partial charge in [0.05, 0.1) is 6.54 Å². The van der Waals surface area contributed by atoms with Crippen molar-refractivity contribution in [3.8, 4) is 0 Å². The number of anilines is 1. The molecular formula is C17H25FN4O. The molecule has 1 aromatic carbocycles. The van der Waals surface area contributed by atoms with Crippen LogP contribution >= 0.6 is 0 Å². The lowest BCUT2D eigenvalue weighted by atomic mass is 9.87. The minimum Gasteiger partial charge on any atom is -0.347 e. The van der Waals surface area contributed by atoms with Gasteiger partial charge in [0.15, 0.2) is 5.96 Å². The highest BCUT2D eigenvalue weighted by molar-refractivity contribution is 5.95. The summed E-state index contributed by atoms with van der Waals surface area (Å²) in [6, 6.07) is 5.71. The van der Waals surface area contributed by atoms with Crippen LogP contribution in [-0.4, -0.2) is 43.4 Å². The van der Waals surface area contributed by atoms with E-state index in [0.29, 0.717) is 11.1 Å². The van der Waals surface area contributed by atoms with Crippen LogP contribution in [0.15, 0.2) is 29.3 Å². The molecule has 23 heavy (non-hydrogen) atoms. The van der Waals surface area contributed by atoms with Crippen molar-refractivity contribution < 1.29 is 9.18 Å². The van der Waals surface area contributed by atoms with Crippen LogP contribution in [0.3, 0.4) is 0 Å². The van der Waals surface area contributed by atoms with Gasteiger partial charge in [0, 0.05) is 25.8 Å². The van der Waals surface area contributed by atoms with Crippen molar-refractivity contribution in [2.24, 2.45) is 10.4 Å². The van der Waals surface area contributed by atoms with E-state index >= 15 is 0 Å². The summed E-state index contributed by atoms with van der Waals surface area (Å²) in [5.74, 6) is 0.237. The summed E-state index contributed by atoms with van der Waals surface area (Å²) in [7, 11) is 1.72. The largest absolute Gasteiger partial charge is 0.347 e. The topological polar surface area (TPSA) is 56.7 Å². The van der Waals surface area contributed by atoms with E-state index in [1.807, 2.05) is 0 Å². The Labute approximate surface area is 137 Å². The quantitative estimate of drug-likeness (QED) is 0.662. The lowest BCUT2D eigenvalue weighted by Gasteiger charge is -2.25. The smallest absolute Gasteiger partial charge is 0.243 e. The molecule has 1 amide bonds. The Kier molecular flexibility index (Phi) is 5.58. The zero-order valence-corrected chi connectivity index (χ0v) is 14.0. The van der Waals surface area contributed by atoms with Gasteiger partial charge in [-0.2, -0.15) is 0 Å². The first-order valence-corrected chi connectivity index (χ1v) is 7.97. The molecule has 1 heterocycles. The van der Waals surface area contributed by atoms with Crippen molar-refractivity contribution >= 4 is 17.6 Å². The summed E-state index contributed by atoms with van der Waals surface area (Å²) in [6.45, 7) is 6.51. The van der Waals surface area contributed by atoms with Crippen LogP contribution in [0.1, 0.15) is 26.7 Å². The zero-order valence-electron chi connectivity index (χ0n) is 14.0. The summed E-state index contributed by atoms with van der Waals surface area (Å²) in [4.78, 5) is 18.4. The van der Waals surface area contributed by atoms with Crippen molar-refractivity contribution in [2.75, 3.05) is 32.0 Å². The molecule has 5 nitrogen and oxygen atoms in total. The van der Waals surface area contributed by atoms with E-state index in [0.717, 1.165) is 31.9 Å². The molecule has 0 radical (unpaired) electrons. The molecule has 1 aliphatic rings. The van der Waals surface area contributed by atoms with Crippen LogP contribution in [0.5, 0.6) is 0 Å². The van der Waals surface area contributed by atoms with Gasteiger partial charge >= 0.3 is 0 Å². The van der Waals surface area contributed by atoms with E-state index in [9.17, 15) is 9.18 Å². The van der Waals surface area contributed by atoms with E-state index in [1.165, 1.54) is 24.3 Å². The standard InChI is InChI=1S/C17H25FN4O/c1-4-17(2)9-10-22(12-17)16(19-3)20-11-15(23)21-14-7-5-13(18)6-8-14/h5-8H,4,9-12H2,1-3H3,(H,19,20)(H,21,23).